The third kappa shape index (κ3) is 3.75. The summed E-state index contributed by atoms with van der Waals surface area (Å²) in [6.07, 6.45) is 0.994. The van der Waals surface area contributed by atoms with Crippen LogP contribution in [-0.2, 0) is 10.3 Å². The van der Waals surface area contributed by atoms with Gasteiger partial charge in [-0.25, -0.2) is 18.3 Å². The minimum absolute atomic E-state index is 0. The van der Waals surface area contributed by atoms with Gasteiger partial charge in [-0.05, 0) is 49.2 Å². The van der Waals surface area contributed by atoms with Gasteiger partial charge in [-0.3, -0.25) is 0 Å². The van der Waals surface area contributed by atoms with Gasteiger partial charge < -0.3 is 15.0 Å². The monoisotopic (exact) mass is 401 g/mol. The lowest BCUT2D eigenvalue weighted by atomic mass is 9.94. The summed E-state index contributed by atoms with van der Waals surface area (Å²) in [6, 6.07) is 8.84. The minimum atomic E-state index is -0.764. The number of cyclic esters (lactones) is 1. The molecule has 1 aliphatic heterocycles. The van der Waals surface area contributed by atoms with E-state index < -0.39 is 17.2 Å². The Morgan fingerprint density at radius 2 is 1.90 bits per heavy atom. The molecule has 1 atom stereocenters. The number of ether oxygens (including phenoxy) is 1. The smallest absolute Gasteiger partial charge is 0.410 e. The fraction of sp³-hybridized carbons (Fsp3) is 0.250. The zero-order valence-corrected chi connectivity index (χ0v) is 16.1. The van der Waals surface area contributed by atoms with Gasteiger partial charge in [-0.2, -0.15) is 4.98 Å². The van der Waals surface area contributed by atoms with E-state index in [9.17, 15) is 13.6 Å². The second-order valence-corrected chi connectivity index (χ2v) is 7.31. The molecule has 1 N–H and O–H groups in total. The molecule has 29 heavy (non-hydrogen) atoms. The molecule has 0 spiro atoms. The van der Waals surface area contributed by atoms with Gasteiger partial charge in [-0.1, -0.05) is 6.07 Å². The molecule has 3 aromatic rings. The maximum absolute atomic E-state index is 13.4. The van der Waals surface area contributed by atoms with E-state index in [0.29, 0.717) is 12.2 Å². The molecule has 1 fully saturated rings. The first-order valence-corrected chi connectivity index (χ1v) is 8.93. The predicted molar refractivity (Wildman–Crippen MR) is 104 cm³/mol. The molecule has 152 valence electrons. The first-order chi connectivity index (χ1) is 13.7. The van der Waals surface area contributed by atoms with E-state index in [-0.39, 0.29) is 19.2 Å². The molecule has 1 amide bonds. The van der Waals surface area contributed by atoms with Crippen molar-refractivity contribution >= 4 is 17.7 Å². The van der Waals surface area contributed by atoms with Crippen molar-refractivity contribution in [1.82, 2.24) is 19.7 Å². The second kappa shape index (κ2) is 6.84. The van der Waals surface area contributed by atoms with Gasteiger partial charge in [0.2, 0.25) is 5.95 Å². The predicted octanol–water partition coefficient (Wildman–Crippen LogP) is 4.14. The maximum Gasteiger partial charge on any atom is 0.410 e. The molecule has 1 aromatic heterocycles. The first-order valence-electron chi connectivity index (χ1n) is 8.93. The number of aromatic nitrogens is 3. The highest BCUT2D eigenvalue weighted by atomic mass is 19.1. The molecular weight excluding hydrogens is 380 g/mol. The lowest BCUT2D eigenvalue weighted by Crippen LogP contribution is -2.27. The molecule has 1 aliphatic rings. The van der Waals surface area contributed by atoms with Crippen molar-refractivity contribution in [3.8, 4) is 5.69 Å². The molecule has 0 aliphatic carbocycles. The Kier molecular flexibility index (Phi) is 4.45. The summed E-state index contributed by atoms with van der Waals surface area (Å²) >= 11 is 0. The van der Waals surface area contributed by atoms with Crippen molar-refractivity contribution in [2.45, 2.75) is 19.4 Å². The number of halogens is 2. The van der Waals surface area contributed by atoms with Crippen LogP contribution in [-0.4, -0.2) is 39.4 Å². The zero-order valence-electron chi connectivity index (χ0n) is 16.1. The summed E-state index contributed by atoms with van der Waals surface area (Å²) in [5, 5.41) is 7.31. The number of rotatable bonds is 4. The van der Waals surface area contributed by atoms with Crippen LogP contribution in [0, 0.1) is 18.6 Å². The Hall–Kier alpha value is -3.49. The van der Waals surface area contributed by atoms with Gasteiger partial charge in [0.25, 0.3) is 0 Å². The number of aryl methyl sites for hydroxylation is 1. The highest BCUT2D eigenvalue weighted by Crippen LogP contribution is 2.34. The van der Waals surface area contributed by atoms with E-state index >= 15 is 0 Å². The number of likely N-dealkylation sites (N-methyl/N-ethyl adjacent to an activating group) is 1. The van der Waals surface area contributed by atoms with Gasteiger partial charge in [0, 0.05) is 20.2 Å². The van der Waals surface area contributed by atoms with Gasteiger partial charge in [0.15, 0.2) is 5.60 Å². The Morgan fingerprint density at radius 1 is 1.17 bits per heavy atom. The van der Waals surface area contributed by atoms with E-state index in [1.807, 2.05) is 32.0 Å². The topological polar surface area (TPSA) is 72.3 Å². The maximum atomic E-state index is 13.4. The third-order valence-electron chi connectivity index (χ3n) is 4.71. The largest absolute Gasteiger partial charge is 0.436 e. The summed E-state index contributed by atoms with van der Waals surface area (Å²) in [5.41, 5.74) is 1.96. The number of carbonyl (C=O) groups excluding carboxylic acids is 1. The zero-order chi connectivity index (χ0) is 20.8. The van der Waals surface area contributed by atoms with Crippen LogP contribution in [0.3, 0.4) is 0 Å². The second-order valence-electron chi connectivity index (χ2n) is 7.31. The van der Waals surface area contributed by atoms with Crippen LogP contribution in [0.5, 0.6) is 0 Å². The fourth-order valence-corrected chi connectivity index (χ4v) is 3.38. The number of nitrogens with one attached hydrogen (secondary N) is 1. The van der Waals surface area contributed by atoms with Gasteiger partial charge in [0.05, 0.1) is 12.2 Å². The number of anilines is 2. The number of carbonyl (C=O) groups is 1. The van der Waals surface area contributed by atoms with Crippen LogP contribution >= 0.6 is 0 Å². The van der Waals surface area contributed by atoms with Crippen molar-refractivity contribution < 1.29 is 19.7 Å². The number of amides is 1. The molecule has 9 heteroatoms. The van der Waals surface area contributed by atoms with E-state index in [2.05, 4.69) is 15.4 Å². The van der Waals surface area contributed by atoms with Crippen molar-refractivity contribution in [1.29, 1.82) is 0 Å². The lowest BCUT2D eigenvalue weighted by molar-refractivity contribution is 0.0701. The Labute approximate surface area is 167 Å². The van der Waals surface area contributed by atoms with Crippen LogP contribution < -0.4 is 5.32 Å². The molecule has 1 unspecified atom stereocenters. The molecule has 2 heterocycles. The number of benzene rings is 2. The first kappa shape index (κ1) is 18.9. The average molecular weight is 401 g/mol. The van der Waals surface area contributed by atoms with E-state index in [0.717, 1.165) is 29.3 Å². The van der Waals surface area contributed by atoms with E-state index in [1.165, 1.54) is 15.9 Å². The summed E-state index contributed by atoms with van der Waals surface area (Å²) < 4.78 is 33.7. The van der Waals surface area contributed by atoms with Gasteiger partial charge >= 0.3 is 6.09 Å². The van der Waals surface area contributed by atoms with Crippen molar-refractivity contribution in [2.75, 3.05) is 18.9 Å². The number of nitrogens with zero attached hydrogens (tertiary/aromatic N) is 4. The SMILES string of the molecule is Cc1cc(Nc2ncn(-c3cc(F)cc(F)c3)n2)cc(C2(C)CN(C)C(=O)O2)c1.[HH]. The van der Waals surface area contributed by atoms with E-state index in [1.54, 1.807) is 7.05 Å². The number of hydrogen-bond acceptors (Lipinski definition) is 5. The average Bonchev–Trinajstić information content (AvgIpc) is 3.18. The van der Waals surface area contributed by atoms with E-state index in [4.69, 9.17) is 4.74 Å². The Morgan fingerprint density at radius 3 is 2.55 bits per heavy atom. The Bertz CT molecular complexity index is 1090. The van der Waals surface area contributed by atoms with Gasteiger partial charge in [0.1, 0.15) is 18.0 Å². The van der Waals surface area contributed by atoms with Crippen LogP contribution in [0.25, 0.3) is 5.69 Å². The van der Waals surface area contributed by atoms with Crippen molar-refractivity contribution in [3.63, 3.8) is 0 Å². The normalized spacial score (nSPS) is 18.8. The third-order valence-corrected chi connectivity index (χ3v) is 4.71. The molecule has 7 nitrogen and oxygen atoms in total. The van der Waals surface area contributed by atoms with Crippen molar-refractivity contribution in [3.05, 3.63) is 65.5 Å². The number of hydrogen-bond donors (Lipinski definition) is 1. The standard InChI is InChI=1S/C20H19F2N5O2.H2/c1-12-4-13(20(2)10-26(3)19(28)29-20)6-16(5-12)24-18-23-11-27(25-18)17-8-14(21)7-15(22)9-17;/h4-9,11H,10H2,1-3H3,(H,24,25);1H. The highest BCUT2D eigenvalue weighted by Gasteiger charge is 2.41. The summed E-state index contributed by atoms with van der Waals surface area (Å²) in [4.78, 5) is 17.5. The minimum Gasteiger partial charge on any atom is -0.436 e. The summed E-state index contributed by atoms with van der Waals surface area (Å²) in [7, 11) is 1.69. The highest BCUT2D eigenvalue weighted by molar-refractivity contribution is 5.71. The fourth-order valence-electron chi connectivity index (χ4n) is 3.38. The Balaban J connectivity index is 0.00000256. The molecular formula is C20H21F2N5O2. The summed E-state index contributed by atoms with van der Waals surface area (Å²) in [6.45, 7) is 4.23. The lowest BCUT2D eigenvalue weighted by Gasteiger charge is -2.23. The van der Waals surface area contributed by atoms with Crippen LogP contribution in [0.2, 0.25) is 0 Å². The van der Waals surface area contributed by atoms with Crippen LogP contribution in [0.4, 0.5) is 25.2 Å². The molecule has 0 radical (unpaired) electrons. The van der Waals surface area contributed by atoms with Crippen molar-refractivity contribution in [2.24, 2.45) is 0 Å². The molecule has 2 aromatic carbocycles. The summed E-state index contributed by atoms with van der Waals surface area (Å²) in [5.74, 6) is -1.13. The molecule has 0 bridgehead atoms. The molecule has 1 saturated heterocycles. The van der Waals surface area contributed by atoms with Gasteiger partial charge in [-0.15, -0.1) is 5.10 Å². The molecule has 0 saturated carbocycles. The van der Waals surface area contributed by atoms with Crippen LogP contribution in [0.1, 0.15) is 19.5 Å². The quantitative estimate of drug-likeness (QED) is 0.711. The molecule has 4 rings (SSSR count). The van der Waals surface area contributed by atoms with Crippen LogP contribution in [0.15, 0.2) is 42.7 Å².